The van der Waals surface area contributed by atoms with Crippen molar-refractivity contribution in [2.24, 2.45) is 0 Å². The molecular formula is C13H14N2SSi. The fourth-order valence-corrected chi connectivity index (χ4v) is 2.26. The lowest BCUT2D eigenvalue weighted by molar-refractivity contribution is 1.49. The van der Waals surface area contributed by atoms with E-state index in [0.29, 0.717) is 0 Å². The first-order chi connectivity index (χ1) is 8.04. The Kier molecular flexibility index (Phi) is 3.41. The van der Waals surface area contributed by atoms with Crippen LogP contribution in [0.4, 0.5) is 0 Å². The summed E-state index contributed by atoms with van der Waals surface area (Å²) in [5, 5.41) is 0. The quantitative estimate of drug-likeness (QED) is 0.578. The number of benzene rings is 1. The Morgan fingerprint density at radius 3 is 2.71 bits per heavy atom. The van der Waals surface area contributed by atoms with Crippen LogP contribution in [-0.2, 0) is 0 Å². The van der Waals surface area contributed by atoms with E-state index < -0.39 is 8.07 Å². The first-order valence-corrected chi connectivity index (χ1v) is 9.69. The number of rotatable bonds is 1. The molecule has 0 aliphatic heterocycles. The first kappa shape index (κ1) is 12.0. The first-order valence-electron chi connectivity index (χ1n) is 5.46. The van der Waals surface area contributed by atoms with Crippen molar-refractivity contribution in [3.8, 4) is 22.7 Å². The van der Waals surface area contributed by atoms with Gasteiger partial charge >= 0.3 is 0 Å². The summed E-state index contributed by atoms with van der Waals surface area (Å²) in [7, 11) is -1.31. The SMILES string of the molecule is C[Si](C)(C)C#Cc1cccc(-c2cnsn2)c1. The van der Waals surface area contributed by atoms with Crippen molar-refractivity contribution in [3.05, 3.63) is 36.0 Å². The van der Waals surface area contributed by atoms with Crippen LogP contribution in [-0.4, -0.2) is 16.8 Å². The summed E-state index contributed by atoms with van der Waals surface area (Å²) >= 11 is 1.23. The van der Waals surface area contributed by atoms with Crippen LogP contribution in [0.2, 0.25) is 19.6 Å². The standard InChI is InChI=1S/C13H14N2SSi/c1-17(2,3)8-7-11-5-4-6-12(9-11)13-10-14-16-15-13/h4-6,9-10H,1-3H3. The predicted octanol–water partition coefficient (Wildman–Crippen LogP) is 3.43. The smallest absolute Gasteiger partial charge is 0.129 e. The van der Waals surface area contributed by atoms with Gasteiger partial charge in [-0.3, -0.25) is 0 Å². The summed E-state index contributed by atoms with van der Waals surface area (Å²) in [5.41, 5.74) is 6.43. The van der Waals surface area contributed by atoms with Gasteiger partial charge in [0.2, 0.25) is 0 Å². The average Bonchev–Trinajstić information content (AvgIpc) is 2.79. The largest absolute Gasteiger partial charge is 0.181 e. The van der Waals surface area contributed by atoms with Gasteiger partial charge in [-0.1, -0.05) is 37.7 Å². The summed E-state index contributed by atoms with van der Waals surface area (Å²) in [6.07, 6.45) is 1.79. The summed E-state index contributed by atoms with van der Waals surface area (Å²) in [6, 6.07) is 8.17. The fourth-order valence-electron chi connectivity index (χ4n) is 1.31. The molecule has 86 valence electrons. The molecule has 1 aromatic carbocycles. The van der Waals surface area contributed by atoms with Crippen molar-refractivity contribution in [2.75, 3.05) is 0 Å². The molecule has 0 fully saturated rings. The molecule has 17 heavy (non-hydrogen) atoms. The van der Waals surface area contributed by atoms with Crippen molar-refractivity contribution in [1.29, 1.82) is 0 Å². The second-order valence-electron chi connectivity index (χ2n) is 4.87. The van der Waals surface area contributed by atoms with Gasteiger partial charge in [0.05, 0.1) is 17.9 Å². The molecule has 0 aliphatic rings. The zero-order valence-electron chi connectivity index (χ0n) is 10.2. The Balaban J connectivity index is 2.32. The third-order valence-corrected chi connectivity index (χ3v) is 3.45. The molecule has 0 atom stereocenters. The predicted molar refractivity (Wildman–Crippen MR) is 75.6 cm³/mol. The molecule has 0 aliphatic carbocycles. The van der Waals surface area contributed by atoms with Crippen molar-refractivity contribution in [1.82, 2.24) is 8.75 Å². The molecule has 0 saturated heterocycles. The Labute approximate surface area is 107 Å². The number of aromatic nitrogens is 2. The van der Waals surface area contributed by atoms with Crippen molar-refractivity contribution in [3.63, 3.8) is 0 Å². The maximum atomic E-state index is 4.23. The monoisotopic (exact) mass is 258 g/mol. The van der Waals surface area contributed by atoms with E-state index in [1.54, 1.807) is 6.20 Å². The molecule has 2 rings (SSSR count). The van der Waals surface area contributed by atoms with Crippen molar-refractivity contribution >= 4 is 19.8 Å². The molecule has 0 spiro atoms. The average molecular weight is 258 g/mol. The highest BCUT2D eigenvalue weighted by Gasteiger charge is 2.07. The molecule has 2 nitrogen and oxygen atoms in total. The van der Waals surface area contributed by atoms with Gasteiger partial charge < -0.3 is 0 Å². The lowest BCUT2D eigenvalue weighted by atomic mass is 10.1. The lowest BCUT2D eigenvalue weighted by Crippen LogP contribution is -2.16. The van der Waals surface area contributed by atoms with E-state index in [4.69, 9.17) is 0 Å². The van der Waals surface area contributed by atoms with Gasteiger partial charge in [-0.05, 0) is 12.1 Å². The maximum Gasteiger partial charge on any atom is 0.129 e. The maximum absolute atomic E-state index is 4.23. The van der Waals surface area contributed by atoms with Gasteiger partial charge in [0.25, 0.3) is 0 Å². The van der Waals surface area contributed by atoms with Crippen LogP contribution < -0.4 is 0 Å². The van der Waals surface area contributed by atoms with E-state index in [9.17, 15) is 0 Å². The molecule has 0 saturated carbocycles. The lowest BCUT2D eigenvalue weighted by Gasteiger charge is -2.03. The molecule has 0 N–H and O–H groups in total. The van der Waals surface area contributed by atoms with Crippen LogP contribution in [0.1, 0.15) is 5.56 Å². The van der Waals surface area contributed by atoms with E-state index in [1.807, 2.05) is 18.2 Å². The number of hydrogen-bond donors (Lipinski definition) is 0. The fraction of sp³-hybridized carbons (Fsp3) is 0.231. The second-order valence-corrected chi connectivity index (χ2v) is 10.2. The van der Waals surface area contributed by atoms with Gasteiger partial charge in [-0.15, -0.1) is 5.54 Å². The van der Waals surface area contributed by atoms with Crippen LogP contribution >= 0.6 is 11.7 Å². The Morgan fingerprint density at radius 2 is 2.06 bits per heavy atom. The molecule has 2 aromatic rings. The van der Waals surface area contributed by atoms with Gasteiger partial charge in [-0.25, -0.2) is 0 Å². The third-order valence-electron chi connectivity index (χ3n) is 2.10. The zero-order valence-corrected chi connectivity index (χ0v) is 12.0. The summed E-state index contributed by atoms with van der Waals surface area (Å²) < 4.78 is 8.24. The highest BCUT2D eigenvalue weighted by molar-refractivity contribution is 6.99. The Hall–Kier alpha value is -1.44. The third kappa shape index (κ3) is 3.51. The van der Waals surface area contributed by atoms with E-state index >= 15 is 0 Å². The van der Waals surface area contributed by atoms with E-state index in [0.717, 1.165) is 16.8 Å². The molecule has 4 heteroatoms. The van der Waals surface area contributed by atoms with E-state index in [-0.39, 0.29) is 0 Å². The minimum absolute atomic E-state index is 0.923. The second kappa shape index (κ2) is 4.82. The molecule has 0 bridgehead atoms. The highest BCUT2D eigenvalue weighted by atomic mass is 32.1. The molecule has 1 aromatic heterocycles. The van der Waals surface area contributed by atoms with Gasteiger partial charge in [0.15, 0.2) is 0 Å². The molecule has 1 heterocycles. The van der Waals surface area contributed by atoms with Gasteiger partial charge in [0.1, 0.15) is 13.8 Å². The Bertz CT molecular complexity index is 559. The molecule has 0 amide bonds. The van der Waals surface area contributed by atoms with Crippen LogP contribution in [0.5, 0.6) is 0 Å². The number of nitrogens with zero attached hydrogens (tertiary/aromatic N) is 2. The minimum Gasteiger partial charge on any atom is -0.181 e. The van der Waals surface area contributed by atoms with Crippen LogP contribution in [0, 0.1) is 11.5 Å². The van der Waals surface area contributed by atoms with Gasteiger partial charge in [0, 0.05) is 11.1 Å². The minimum atomic E-state index is -1.31. The van der Waals surface area contributed by atoms with E-state index in [1.165, 1.54) is 11.7 Å². The molecule has 0 unspecified atom stereocenters. The van der Waals surface area contributed by atoms with Crippen LogP contribution in [0.25, 0.3) is 11.3 Å². The Morgan fingerprint density at radius 1 is 1.24 bits per heavy atom. The topological polar surface area (TPSA) is 25.8 Å². The zero-order chi connectivity index (χ0) is 12.3. The van der Waals surface area contributed by atoms with E-state index in [2.05, 4.69) is 45.9 Å². The summed E-state index contributed by atoms with van der Waals surface area (Å²) in [4.78, 5) is 0. The highest BCUT2D eigenvalue weighted by Crippen LogP contribution is 2.18. The van der Waals surface area contributed by atoms with Crippen molar-refractivity contribution < 1.29 is 0 Å². The summed E-state index contributed by atoms with van der Waals surface area (Å²) in [5.74, 6) is 3.25. The normalized spacial score (nSPS) is 10.8. The van der Waals surface area contributed by atoms with Crippen LogP contribution in [0.3, 0.4) is 0 Å². The van der Waals surface area contributed by atoms with Crippen molar-refractivity contribution in [2.45, 2.75) is 19.6 Å². The summed E-state index contributed by atoms with van der Waals surface area (Å²) in [6.45, 7) is 6.73. The van der Waals surface area contributed by atoms with Gasteiger partial charge in [-0.2, -0.15) is 8.75 Å². The molecule has 0 radical (unpaired) electrons. The molecular weight excluding hydrogens is 244 g/mol. The number of hydrogen-bond acceptors (Lipinski definition) is 3. The van der Waals surface area contributed by atoms with Crippen LogP contribution in [0.15, 0.2) is 30.5 Å².